The van der Waals surface area contributed by atoms with Crippen molar-refractivity contribution in [3.05, 3.63) is 24.3 Å². The molecule has 0 saturated heterocycles. The van der Waals surface area contributed by atoms with E-state index >= 15 is 0 Å². The van der Waals surface area contributed by atoms with Crippen LogP contribution >= 0.6 is 0 Å². The standard InChI is InChI=1S/C12H17NO3/c1-9(2)8-16-12(15)7-13-10-5-3-4-6-11(10)14/h3-6,9,13-14H,7-8H2,1-2H3. The third kappa shape index (κ3) is 4.21. The molecular formula is C12H17NO3. The van der Waals surface area contributed by atoms with Gasteiger partial charge in [0.15, 0.2) is 0 Å². The monoisotopic (exact) mass is 223 g/mol. The van der Waals surface area contributed by atoms with Gasteiger partial charge in [0.25, 0.3) is 0 Å². The predicted molar refractivity (Wildman–Crippen MR) is 62.4 cm³/mol. The van der Waals surface area contributed by atoms with Gasteiger partial charge in [0, 0.05) is 0 Å². The molecule has 0 aliphatic heterocycles. The van der Waals surface area contributed by atoms with Crippen LogP contribution in [0.25, 0.3) is 0 Å². The summed E-state index contributed by atoms with van der Waals surface area (Å²) in [5, 5.41) is 12.2. The van der Waals surface area contributed by atoms with E-state index in [1.54, 1.807) is 24.3 Å². The number of ether oxygens (including phenoxy) is 1. The van der Waals surface area contributed by atoms with Crippen LogP contribution in [0.3, 0.4) is 0 Å². The summed E-state index contributed by atoms with van der Waals surface area (Å²) in [5.41, 5.74) is 0.531. The molecule has 16 heavy (non-hydrogen) atoms. The second kappa shape index (κ2) is 6.00. The van der Waals surface area contributed by atoms with Crippen LogP contribution in [0.2, 0.25) is 0 Å². The quantitative estimate of drug-likeness (QED) is 0.592. The zero-order chi connectivity index (χ0) is 12.0. The van der Waals surface area contributed by atoms with Crippen molar-refractivity contribution < 1.29 is 14.6 Å². The fourth-order valence-corrected chi connectivity index (χ4v) is 1.10. The Morgan fingerprint density at radius 3 is 2.75 bits per heavy atom. The molecule has 0 saturated carbocycles. The summed E-state index contributed by atoms with van der Waals surface area (Å²) in [6, 6.07) is 6.76. The Hall–Kier alpha value is -1.71. The van der Waals surface area contributed by atoms with Crippen molar-refractivity contribution in [2.75, 3.05) is 18.5 Å². The van der Waals surface area contributed by atoms with Gasteiger partial charge in [0.05, 0.1) is 12.3 Å². The minimum Gasteiger partial charge on any atom is -0.506 e. The van der Waals surface area contributed by atoms with Gasteiger partial charge in [0.1, 0.15) is 12.3 Å². The molecule has 1 aromatic carbocycles. The average Bonchev–Trinajstić information content (AvgIpc) is 2.25. The summed E-state index contributed by atoms with van der Waals surface area (Å²) in [6.45, 7) is 4.43. The largest absolute Gasteiger partial charge is 0.506 e. The van der Waals surface area contributed by atoms with Gasteiger partial charge in [-0.2, -0.15) is 0 Å². The second-order valence-corrected chi connectivity index (χ2v) is 3.95. The third-order valence-electron chi connectivity index (χ3n) is 1.90. The summed E-state index contributed by atoms with van der Waals surface area (Å²) in [7, 11) is 0. The SMILES string of the molecule is CC(C)COC(=O)CNc1ccccc1O. The number of anilines is 1. The highest BCUT2D eigenvalue weighted by Gasteiger charge is 2.05. The van der Waals surface area contributed by atoms with Crippen LogP contribution in [-0.4, -0.2) is 24.2 Å². The predicted octanol–water partition coefficient (Wildman–Crippen LogP) is 2.00. The molecule has 0 atom stereocenters. The summed E-state index contributed by atoms with van der Waals surface area (Å²) in [6.07, 6.45) is 0. The fraction of sp³-hybridized carbons (Fsp3) is 0.417. The summed E-state index contributed by atoms with van der Waals surface area (Å²) < 4.78 is 4.98. The molecule has 0 radical (unpaired) electrons. The first-order valence-electron chi connectivity index (χ1n) is 5.27. The zero-order valence-corrected chi connectivity index (χ0v) is 9.56. The van der Waals surface area contributed by atoms with E-state index in [4.69, 9.17) is 4.74 Å². The van der Waals surface area contributed by atoms with Gasteiger partial charge in [-0.1, -0.05) is 26.0 Å². The van der Waals surface area contributed by atoms with Crippen LogP contribution in [0.5, 0.6) is 5.75 Å². The third-order valence-corrected chi connectivity index (χ3v) is 1.90. The summed E-state index contributed by atoms with van der Waals surface area (Å²) in [5.74, 6) is 0.130. The molecule has 0 unspecified atom stereocenters. The lowest BCUT2D eigenvalue weighted by atomic mass is 10.2. The van der Waals surface area contributed by atoms with E-state index in [9.17, 15) is 9.90 Å². The normalized spacial score (nSPS) is 10.2. The highest BCUT2D eigenvalue weighted by Crippen LogP contribution is 2.20. The number of para-hydroxylation sites is 2. The number of hydrogen-bond acceptors (Lipinski definition) is 4. The molecule has 0 spiro atoms. The number of phenolic OH excluding ortho intramolecular Hbond substituents is 1. The number of carbonyl (C=O) groups excluding carboxylic acids is 1. The van der Waals surface area contributed by atoms with Crippen molar-refractivity contribution in [3.63, 3.8) is 0 Å². The molecule has 0 aromatic heterocycles. The first kappa shape index (κ1) is 12.4. The Balaban J connectivity index is 2.35. The highest BCUT2D eigenvalue weighted by molar-refractivity contribution is 5.75. The molecule has 0 aliphatic rings. The number of nitrogens with one attached hydrogen (secondary N) is 1. The minimum atomic E-state index is -0.322. The van der Waals surface area contributed by atoms with Gasteiger partial charge in [0.2, 0.25) is 0 Å². The van der Waals surface area contributed by atoms with Crippen molar-refractivity contribution in [1.82, 2.24) is 0 Å². The molecule has 1 rings (SSSR count). The van der Waals surface area contributed by atoms with Gasteiger partial charge in [-0.05, 0) is 18.1 Å². The summed E-state index contributed by atoms with van der Waals surface area (Å²) in [4.78, 5) is 11.3. The first-order valence-corrected chi connectivity index (χ1v) is 5.27. The molecule has 0 heterocycles. The Kier molecular flexibility index (Phi) is 4.64. The van der Waals surface area contributed by atoms with Gasteiger partial charge in [-0.25, -0.2) is 0 Å². The maximum Gasteiger partial charge on any atom is 0.325 e. The number of phenols is 1. The fourth-order valence-electron chi connectivity index (χ4n) is 1.10. The van der Waals surface area contributed by atoms with Gasteiger partial charge >= 0.3 is 5.97 Å². The molecule has 1 aromatic rings. The maximum atomic E-state index is 11.3. The van der Waals surface area contributed by atoms with Crippen molar-refractivity contribution in [2.45, 2.75) is 13.8 Å². The van der Waals surface area contributed by atoms with E-state index in [0.717, 1.165) is 0 Å². The zero-order valence-electron chi connectivity index (χ0n) is 9.56. The first-order chi connectivity index (χ1) is 7.59. The van der Waals surface area contributed by atoms with Crippen molar-refractivity contribution in [2.24, 2.45) is 5.92 Å². The highest BCUT2D eigenvalue weighted by atomic mass is 16.5. The van der Waals surface area contributed by atoms with E-state index in [1.165, 1.54) is 0 Å². The van der Waals surface area contributed by atoms with Crippen molar-refractivity contribution in [3.8, 4) is 5.75 Å². The minimum absolute atomic E-state index is 0.0598. The molecule has 0 amide bonds. The number of aromatic hydroxyl groups is 1. The molecule has 4 heteroatoms. The van der Waals surface area contributed by atoms with E-state index in [-0.39, 0.29) is 18.3 Å². The average molecular weight is 223 g/mol. The molecule has 0 fully saturated rings. The summed E-state index contributed by atoms with van der Waals surface area (Å²) >= 11 is 0. The van der Waals surface area contributed by atoms with Gasteiger partial charge in [-0.3, -0.25) is 4.79 Å². The molecule has 0 aliphatic carbocycles. The Morgan fingerprint density at radius 2 is 2.12 bits per heavy atom. The van der Waals surface area contributed by atoms with Crippen LogP contribution in [0, 0.1) is 5.92 Å². The number of benzene rings is 1. The van der Waals surface area contributed by atoms with E-state index in [1.807, 2.05) is 13.8 Å². The Morgan fingerprint density at radius 1 is 1.44 bits per heavy atom. The van der Waals surface area contributed by atoms with Gasteiger partial charge < -0.3 is 15.2 Å². The number of rotatable bonds is 5. The topological polar surface area (TPSA) is 58.6 Å². The van der Waals surface area contributed by atoms with E-state index in [2.05, 4.69) is 5.32 Å². The van der Waals surface area contributed by atoms with Crippen LogP contribution < -0.4 is 5.32 Å². The lowest BCUT2D eigenvalue weighted by Gasteiger charge is -2.09. The Labute approximate surface area is 95.2 Å². The van der Waals surface area contributed by atoms with Gasteiger partial charge in [-0.15, -0.1) is 0 Å². The molecule has 0 bridgehead atoms. The number of carbonyl (C=O) groups is 1. The lowest BCUT2D eigenvalue weighted by molar-refractivity contribution is -0.142. The molecular weight excluding hydrogens is 206 g/mol. The number of esters is 1. The second-order valence-electron chi connectivity index (χ2n) is 3.95. The smallest absolute Gasteiger partial charge is 0.325 e. The van der Waals surface area contributed by atoms with Crippen molar-refractivity contribution >= 4 is 11.7 Å². The molecule has 88 valence electrons. The van der Waals surface area contributed by atoms with E-state index in [0.29, 0.717) is 18.2 Å². The van der Waals surface area contributed by atoms with Crippen LogP contribution in [0.15, 0.2) is 24.3 Å². The van der Waals surface area contributed by atoms with Crippen LogP contribution in [-0.2, 0) is 9.53 Å². The number of hydrogen-bond donors (Lipinski definition) is 2. The lowest BCUT2D eigenvalue weighted by Crippen LogP contribution is -2.19. The van der Waals surface area contributed by atoms with Crippen LogP contribution in [0.1, 0.15) is 13.8 Å². The van der Waals surface area contributed by atoms with Crippen molar-refractivity contribution in [1.29, 1.82) is 0 Å². The molecule has 4 nitrogen and oxygen atoms in total. The molecule has 2 N–H and O–H groups in total. The van der Waals surface area contributed by atoms with Crippen LogP contribution in [0.4, 0.5) is 5.69 Å². The van der Waals surface area contributed by atoms with E-state index < -0.39 is 0 Å². The maximum absolute atomic E-state index is 11.3. The Bertz CT molecular complexity index is 350.